The second-order valence-electron chi connectivity index (χ2n) is 10.5. The molecule has 2 heterocycles. The van der Waals surface area contributed by atoms with Crippen molar-refractivity contribution in [3.63, 3.8) is 0 Å². The Bertz CT molecular complexity index is 1050. The highest BCUT2D eigenvalue weighted by atomic mass is 16.7. The van der Waals surface area contributed by atoms with E-state index in [-0.39, 0.29) is 30.5 Å². The number of hydrogen-bond donors (Lipinski definition) is 1. The first-order chi connectivity index (χ1) is 18.9. The van der Waals surface area contributed by atoms with E-state index < -0.39 is 17.6 Å². The van der Waals surface area contributed by atoms with E-state index in [1.165, 1.54) is 6.92 Å². The number of piperidine rings is 1. The lowest BCUT2D eigenvalue weighted by molar-refractivity contribution is -0.162. The van der Waals surface area contributed by atoms with Crippen molar-refractivity contribution in [1.29, 1.82) is 0 Å². The lowest BCUT2D eigenvalue weighted by atomic mass is 9.62. The Morgan fingerprint density at radius 2 is 2.05 bits per heavy atom. The van der Waals surface area contributed by atoms with Crippen molar-refractivity contribution in [3.05, 3.63) is 36.4 Å². The molecule has 0 bridgehead atoms. The van der Waals surface area contributed by atoms with Gasteiger partial charge in [-0.25, -0.2) is 0 Å². The third kappa shape index (κ3) is 7.42. The number of amides is 1. The zero-order valence-electron chi connectivity index (χ0n) is 23.1. The Morgan fingerprint density at radius 3 is 2.77 bits per heavy atom. The minimum Gasteiger partial charge on any atom is -0.497 e. The molecule has 39 heavy (non-hydrogen) atoms. The van der Waals surface area contributed by atoms with Crippen LogP contribution in [0.15, 0.2) is 36.4 Å². The lowest BCUT2D eigenvalue weighted by Gasteiger charge is -2.50. The largest absolute Gasteiger partial charge is 0.497 e. The van der Waals surface area contributed by atoms with Gasteiger partial charge >= 0.3 is 5.97 Å². The molecule has 212 valence electrons. The van der Waals surface area contributed by atoms with Gasteiger partial charge in [-0.2, -0.15) is 0 Å². The summed E-state index contributed by atoms with van der Waals surface area (Å²) >= 11 is 0. The lowest BCUT2D eigenvalue weighted by Crippen LogP contribution is -2.58. The van der Waals surface area contributed by atoms with Crippen molar-refractivity contribution >= 4 is 17.6 Å². The van der Waals surface area contributed by atoms with E-state index in [9.17, 15) is 14.7 Å². The van der Waals surface area contributed by atoms with Gasteiger partial charge < -0.3 is 29.0 Å². The average molecular weight is 540 g/mol. The number of carbonyl (C=O) groups excluding carboxylic acids is 2. The van der Waals surface area contributed by atoms with Gasteiger partial charge in [-0.15, -0.1) is 5.92 Å². The van der Waals surface area contributed by atoms with Gasteiger partial charge in [-0.1, -0.05) is 18.1 Å². The molecule has 1 aliphatic carbocycles. The van der Waals surface area contributed by atoms with E-state index in [4.69, 9.17) is 18.9 Å². The van der Waals surface area contributed by atoms with Crippen LogP contribution in [0.5, 0.6) is 5.75 Å². The number of methoxy groups -OCH3 is 1. The summed E-state index contributed by atoms with van der Waals surface area (Å²) in [6.07, 6.45) is 9.24. The maximum absolute atomic E-state index is 14.1. The Morgan fingerprint density at radius 1 is 1.23 bits per heavy atom. The summed E-state index contributed by atoms with van der Waals surface area (Å²) in [6, 6.07) is 7.38. The van der Waals surface area contributed by atoms with Crippen molar-refractivity contribution in [2.24, 2.45) is 11.3 Å². The first kappa shape index (κ1) is 29.1. The molecule has 2 saturated heterocycles. The van der Waals surface area contributed by atoms with E-state index >= 15 is 0 Å². The molecular formula is C31H41NO7. The van der Waals surface area contributed by atoms with Gasteiger partial charge in [0, 0.05) is 57.6 Å². The smallest absolute Gasteiger partial charge is 0.302 e. The summed E-state index contributed by atoms with van der Waals surface area (Å²) in [5, 5.41) is 11.0. The third-order valence-corrected chi connectivity index (χ3v) is 7.84. The third-order valence-electron chi connectivity index (χ3n) is 7.84. The second kappa shape index (κ2) is 14.0. The Kier molecular flexibility index (Phi) is 10.4. The van der Waals surface area contributed by atoms with E-state index in [0.717, 1.165) is 44.4 Å². The highest BCUT2D eigenvalue weighted by Gasteiger charge is 2.54. The van der Waals surface area contributed by atoms with Crippen molar-refractivity contribution in [2.75, 3.05) is 31.8 Å². The zero-order chi connectivity index (χ0) is 27.7. The molecule has 2 fully saturated rings. The fourth-order valence-electron chi connectivity index (χ4n) is 5.92. The van der Waals surface area contributed by atoms with E-state index in [1.54, 1.807) is 12.0 Å². The predicted molar refractivity (Wildman–Crippen MR) is 147 cm³/mol. The molecule has 3 aliphatic rings. The molecule has 5 atom stereocenters. The number of fused-ring (bicyclic) bond motifs is 1. The minimum absolute atomic E-state index is 0.0799. The molecule has 1 amide bonds. The molecule has 0 saturated carbocycles. The molecule has 0 spiro atoms. The fraction of sp³-hybridized carbons (Fsp3) is 0.613. The number of aliphatic hydroxyl groups excluding tert-OH is 1. The summed E-state index contributed by atoms with van der Waals surface area (Å²) < 4.78 is 22.3. The Hall–Kier alpha value is -2.86. The van der Waals surface area contributed by atoms with Crippen molar-refractivity contribution in [3.8, 4) is 17.6 Å². The van der Waals surface area contributed by atoms with Gasteiger partial charge in [-0.05, 0) is 62.8 Å². The number of rotatable bonds is 10. The maximum atomic E-state index is 14.1. The molecule has 8 heteroatoms. The quantitative estimate of drug-likeness (QED) is 0.204. The predicted octanol–water partition coefficient (Wildman–Crippen LogP) is 4.39. The van der Waals surface area contributed by atoms with E-state index in [2.05, 4.69) is 11.8 Å². The number of benzene rings is 1. The van der Waals surface area contributed by atoms with Crippen LogP contribution in [0.4, 0.5) is 5.69 Å². The van der Waals surface area contributed by atoms with Gasteiger partial charge in [-0.3, -0.25) is 9.59 Å². The first-order valence-electron chi connectivity index (χ1n) is 14.1. The van der Waals surface area contributed by atoms with Gasteiger partial charge in [0.05, 0.1) is 12.5 Å². The number of ether oxygens (including phenoxy) is 4. The molecule has 1 aromatic carbocycles. The average Bonchev–Trinajstić information content (AvgIpc) is 2.94. The molecule has 4 rings (SSSR count). The number of unbranched alkanes of at least 4 members (excludes halogenated alkanes) is 2. The molecule has 8 nitrogen and oxygen atoms in total. The van der Waals surface area contributed by atoms with Crippen LogP contribution in [-0.2, 0) is 23.8 Å². The first-order valence-corrected chi connectivity index (χ1v) is 14.1. The minimum atomic E-state index is -1.02. The van der Waals surface area contributed by atoms with Crippen molar-refractivity contribution in [2.45, 2.75) is 83.2 Å². The van der Waals surface area contributed by atoms with Gasteiger partial charge in [0.2, 0.25) is 5.91 Å². The number of hydrogen-bond acceptors (Lipinski definition) is 7. The Labute approximate surface area is 231 Å². The van der Waals surface area contributed by atoms with Crippen LogP contribution < -0.4 is 9.64 Å². The number of esters is 1. The topological polar surface area (TPSA) is 94.5 Å². The second-order valence-corrected chi connectivity index (χ2v) is 10.5. The summed E-state index contributed by atoms with van der Waals surface area (Å²) in [6.45, 7) is 3.30. The van der Waals surface area contributed by atoms with Gasteiger partial charge in [0.25, 0.3) is 0 Å². The highest BCUT2D eigenvalue weighted by Crippen LogP contribution is 2.49. The molecule has 1 aromatic rings. The number of nitrogens with zero attached hydrogens (tertiary/aromatic N) is 1. The highest BCUT2D eigenvalue weighted by molar-refractivity contribution is 6.00. The molecule has 2 unspecified atom stereocenters. The summed E-state index contributed by atoms with van der Waals surface area (Å²) in [4.78, 5) is 27.7. The van der Waals surface area contributed by atoms with Crippen molar-refractivity contribution < 1.29 is 33.6 Å². The van der Waals surface area contributed by atoms with E-state index in [1.807, 2.05) is 36.4 Å². The normalized spacial score (nSPS) is 27.2. The SMILES string of the molecule is COc1ccc(N2CC[C@H]3[C@@H](OC(C)=O)CC=C[C@@]3(CC(O)C#CCCCCOC3CCCCO3)C2=O)cc1. The standard InChI is InChI=1S/C31H41NO7/c1-23(33)39-28-11-9-18-31(22-25(34)10-5-3-4-7-20-37-29-12-6-8-21-38-29)27(28)17-19-32(30(31)35)24-13-15-26(36-2)16-14-24/h9,13-16,18,25,27-29,34H,3-4,6-8,11-12,17,19-22H2,1-2H3/t25?,27-,28-,29?,31-/m0/s1. The van der Waals surface area contributed by atoms with Crippen LogP contribution in [0, 0.1) is 23.2 Å². The molecule has 0 aromatic heterocycles. The van der Waals surface area contributed by atoms with Crippen molar-refractivity contribution in [1.82, 2.24) is 0 Å². The summed E-state index contributed by atoms with van der Waals surface area (Å²) in [7, 11) is 1.60. The van der Waals surface area contributed by atoms with Crippen LogP contribution in [-0.4, -0.2) is 62.3 Å². The van der Waals surface area contributed by atoms with Crippen LogP contribution in [0.3, 0.4) is 0 Å². The fourth-order valence-corrected chi connectivity index (χ4v) is 5.92. The van der Waals surface area contributed by atoms with Crippen LogP contribution in [0.25, 0.3) is 0 Å². The molecule has 0 radical (unpaired) electrons. The van der Waals surface area contributed by atoms with Crippen LogP contribution in [0.1, 0.15) is 64.7 Å². The molecule has 1 N–H and O–H groups in total. The molecular weight excluding hydrogens is 498 g/mol. The summed E-state index contributed by atoms with van der Waals surface area (Å²) in [5.41, 5.74) is -0.249. The zero-order valence-corrected chi connectivity index (χ0v) is 23.1. The number of carbonyl (C=O) groups is 2. The summed E-state index contributed by atoms with van der Waals surface area (Å²) in [5.74, 6) is 6.04. The molecule has 2 aliphatic heterocycles. The maximum Gasteiger partial charge on any atom is 0.302 e. The van der Waals surface area contributed by atoms with Gasteiger partial charge in [0.1, 0.15) is 18.0 Å². The Balaban J connectivity index is 1.41. The number of anilines is 1. The van der Waals surface area contributed by atoms with Crippen LogP contribution >= 0.6 is 0 Å². The number of aliphatic hydroxyl groups is 1. The monoisotopic (exact) mass is 539 g/mol. The van der Waals surface area contributed by atoms with E-state index in [0.29, 0.717) is 38.2 Å². The van der Waals surface area contributed by atoms with Gasteiger partial charge in [0.15, 0.2) is 6.29 Å². The van der Waals surface area contributed by atoms with Crippen LogP contribution in [0.2, 0.25) is 0 Å².